The number of carbonyl (C=O) groups excluding carboxylic acids is 1. The zero-order valence-electron chi connectivity index (χ0n) is 19.1. The van der Waals surface area contributed by atoms with Crippen LogP contribution in [0.3, 0.4) is 0 Å². The Kier molecular flexibility index (Phi) is 5.80. The number of methoxy groups -OCH3 is 1. The van der Waals surface area contributed by atoms with E-state index in [1.807, 2.05) is 24.2 Å². The number of nitrogens with zero attached hydrogens (tertiary/aromatic N) is 5. The van der Waals surface area contributed by atoms with Gasteiger partial charge in [-0.2, -0.15) is 5.10 Å². The van der Waals surface area contributed by atoms with Crippen molar-refractivity contribution in [3.8, 4) is 5.75 Å². The van der Waals surface area contributed by atoms with Crippen LogP contribution >= 0.6 is 0 Å². The van der Waals surface area contributed by atoms with Gasteiger partial charge in [0.1, 0.15) is 5.69 Å². The molecule has 0 aliphatic carbocycles. The van der Waals surface area contributed by atoms with Crippen LogP contribution in [0, 0.1) is 0 Å². The van der Waals surface area contributed by atoms with Gasteiger partial charge in [-0.05, 0) is 49.9 Å². The number of piperidine rings is 1. The average molecular weight is 451 g/mol. The molecule has 0 spiro atoms. The fraction of sp³-hybridized carbons (Fsp3) is 0.458. The molecule has 2 saturated heterocycles. The number of ether oxygens (including phenoxy) is 1. The van der Waals surface area contributed by atoms with Gasteiger partial charge in [0.05, 0.1) is 30.1 Å². The number of aryl methyl sites for hydroxylation is 1. The van der Waals surface area contributed by atoms with Crippen LogP contribution in [-0.4, -0.2) is 65.2 Å². The minimum Gasteiger partial charge on any atom is -0.493 e. The highest BCUT2D eigenvalue weighted by Gasteiger charge is 2.26. The third kappa shape index (κ3) is 4.32. The first-order valence-electron chi connectivity index (χ1n) is 11.5. The Labute approximate surface area is 193 Å². The van der Waals surface area contributed by atoms with Gasteiger partial charge in [-0.25, -0.2) is 4.98 Å². The van der Waals surface area contributed by atoms with Crippen molar-refractivity contribution in [2.24, 2.45) is 7.05 Å². The molecular formula is C24H30N6O3. The van der Waals surface area contributed by atoms with E-state index in [1.165, 1.54) is 6.42 Å². The number of β-amino-alcohol motifs (C(OH)–C–C–N with tert-alkyl or cyclic N) is 1. The van der Waals surface area contributed by atoms with E-state index in [0.29, 0.717) is 36.8 Å². The molecule has 1 aromatic carbocycles. The summed E-state index contributed by atoms with van der Waals surface area (Å²) in [5.74, 6) is 0.896. The zero-order valence-corrected chi connectivity index (χ0v) is 19.1. The largest absolute Gasteiger partial charge is 0.493 e. The number of hydrogen-bond donors (Lipinski definition) is 2. The first-order chi connectivity index (χ1) is 16.0. The molecule has 2 aliphatic heterocycles. The predicted molar refractivity (Wildman–Crippen MR) is 128 cm³/mol. The fourth-order valence-corrected chi connectivity index (χ4v) is 4.75. The SMILES string of the molecule is COc1ccc(C(=O)Nc2cc3cn(C)nc3cc2N2CCCCC2)nc1N1CCC(O)C1. The molecule has 33 heavy (non-hydrogen) atoms. The van der Waals surface area contributed by atoms with E-state index in [2.05, 4.69) is 26.4 Å². The van der Waals surface area contributed by atoms with Crippen molar-refractivity contribution in [2.75, 3.05) is 48.4 Å². The molecule has 0 radical (unpaired) electrons. The number of hydrogen-bond acceptors (Lipinski definition) is 7. The average Bonchev–Trinajstić information content (AvgIpc) is 3.42. The van der Waals surface area contributed by atoms with Gasteiger partial charge in [0.2, 0.25) is 0 Å². The first kappa shape index (κ1) is 21.5. The highest BCUT2D eigenvalue weighted by Crippen LogP contribution is 2.34. The molecule has 2 aliphatic rings. The lowest BCUT2D eigenvalue weighted by Gasteiger charge is -2.30. The second kappa shape index (κ2) is 8.90. The summed E-state index contributed by atoms with van der Waals surface area (Å²) in [7, 11) is 3.48. The van der Waals surface area contributed by atoms with Crippen molar-refractivity contribution in [3.63, 3.8) is 0 Å². The van der Waals surface area contributed by atoms with Crippen LogP contribution in [0.15, 0.2) is 30.5 Å². The van der Waals surface area contributed by atoms with Gasteiger partial charge in [-0.15, -0.1) is 0 Å². The van der Waals surface area contributed by atoms with Crippen LogP contribution in [0.1, 0.15) is 36.2 Å². The highest BCUT2D eigenvalue weighted by atomic mass is 16.5. The Morgan fingerprint density at radius 3 is 2.70 bits per heavy atom. The molecule has 1 amide bonds. The Balaban J connectivity index is 1.47. The second-order valence-electron chi connectivity index (χ2n) is 8.84. The molecule has 5 rings (SSSR count). The molecule has 2 aromatic heterocycles. The normalized spacial score (nSPS) is 18.7. The van der Waals surface area contributed by atoms with Crippen molar-refractivity contribution >= 4 is 34.0 Å². The van der Waals surface area contributed by atoms with Crippen LogP contribution in [0.25, 0.3) is 10.9 Å². The molecule has 3 aromatic rings. The van der Waals surface area contributed by atoms with Gasteiger partial charge in [0, 0.05) is 44.8 Å². The van der Waals surface area contributed by atoms with E-state index in [4.69, 9.17) is 4.74 Å². The molecule has 0 saturated carbocycles. The van der Waals surface area contributed by atoms with E-state index in [-0.39, 0.29) is 5.91 Å². The first-order valence-corrected chi connectivity index (χ1v) is 11.5. The Hall–Kier alpha value is -3.33. The summed E-state index contributed by atoms with van der Waals surface area (Å²) in [5.41, 5.74) is 2.97. The standard InChI is InChI=1S/C24H30N6O3/c1-28-14-16-12-20(21(13-19(16)27-28)29-9-4-3-5-10-29)26-24(32)18-6-7-22(33-2)23(25-18)30-11-8-17(31)15-30/h6-7,12-14,17,31H,3-5,8-11,15H2,1-2H3,(H,26,32). The summed E-state index contributed by atoms with van der Waals surface area (Å²) in [6.45, 7) is 3.07. The molecule has 2 fully saturated rings. The van der Waals surface area contributed by atoms with Gasteiger partial charge >= 0.3 is 0 Å². The molecule has 9 heteroatoms. The maximum absolute atomic E-state index is 13.3. The van der Waals surface area contributed by atoms with Crippen molar-refractivity contribution in [2.45, 2.75) is 31.8 Å². The molecule has 9 nitrogen and oxygen atoms in total. The summed E-state index contributed by atoms with van der Waals surface area (Å²) < 4.78 is 7.25. The molecule has 1 atom stereocenters. The number of anilines is 3. The van der Waals surface area contributed by atoms with Crippen molar-refractivity contribution in [1.29, 1.82) is 0 Å². The Morgan fingerprint density at radius 2 is 1.97 bits per heavy atom. The second-order valence-corrected chi connectivity index (χ2v) is 8.84. The van der Waals surface area contributed by atoms with E-state index in [0.717, 1.165) is 48.2 Å². The van der Waals surface area contributed by atoms with E-state index in [9.17, 15) is 9.90 Å². The minimum absolute atomic E-state index is 0.278. The van der Waals surface area contributed by atoms with E-state index < -0.39 is 6.10 Å². The third-order valence-corrected chi connectivity index (χ3v) is 6.44. The van der Waals surface area contributed by atoms with Crippen LogP contribution in [0.5, 0.6) is 5.75 Å². The molecule has 1 unspecified atom stereocenters. The van der Waals surface area contributed by atoms with Gasteiger partial charge < -0.3 is 25.0 Å². The van der Waals surface area contributed by atoms with Crippen LogP contribution in [0.2, 0.25) is 0 Å². The molecular weight excluding hydrogens is 420 g/mol. The van der Waals surface area contributed by atoms with Crippen molar-refractivity contribution < 1.29 is 14.6 Å². The molecule has 4 heterocycles. The minimum atomic E-state index is -0.396. The maximum atomic E-state index is 13.3. The monoisotopic (exact) mass is 450 g/mol. The number of carbonyl (C=O) groups is 1. The van der Waals surface area contributed by atoms with Crippen molar-refractivity contribution in [1.82, 2.24) is 14.8 Å². The molecule has 2 N–H and O–H groups in total. The third-order valence-electron chi connectivity index (χ3n) is 6.44. The Morgan fingerprint density at radius 1 is 1.15 bits per heavy atom. The summed E-state index contributed by atoms with van der Waals surface area (Å²) in [6.07, 6.45) is 5.73. The molecule has 174 valence electrons. The van der Waals surface area contributed by atoms with Crippen LogP contribution < -0.4 is 19.9 Å². The lowest BCUT2D eigenvalue weighted by molar-refractivity contribution is 0.102. The smallest absolute Gasteiger partial charge is 0.274 e. The zero-order chi connectivity index (χ0) is 22.9. The number of amides is 1. The fourth-order valence-electron chi connectivity index (χ4n) is 4.75. The van der Waals surface area contributed by atoms with E-state index >= 15 is 0 Å². The number of aromatic nitrogens is 3. The summed E-state index contributed by atoms with van der Waals surface area (Å²) in [4.78, 5) is 22.2. The van der Waals surface area contributed by atoms with Crippen LogP contribution in [-0.2, 0) is 7.05 Å². The predicted octanol–water partition coefficient (Wildman–Crippen LogP) is 2.79. The van der Waals surface area contributed by atoms with Gasteiger partial charge in [-0.1, -0.05) is 0 Å². The van der Waals surface area contributed by atoms with Gasteiger partial charge in [-0.3, -0.25) is 9.48 Å². The summed E-state index contributed by atoms with van der Waals surface area (Å²) in [6, 6.07) is 7.49. The summed E-state index contributed by atoms with van der Waals surface area (Å²) in [5, 5.41) is 18.6. The van der Waals surface area contributed by atoms with Crippen LogP contribution in [0.4, 0.5) is 17.2 Å². The van der Waals surface area contributed by atoms with Gasteiger partial charge in [0.25, 0.3) is 5.91 Å². The van der Waals surface area contributed by atoms with Crippen molar-refractivity contribution in [3.05, 3.63) is 36.2 Å². The highest BCUT2D eigenvalue weighted by molar-refractivity contribution is 6.06. The lowest BCUT2D eigenvalue weighted by Crippen LogP contribution is -2.30. The number of fused-ring (bicyclic) bond motifs is 1. The quantitative estimate of drug-likeness (QED) is 0.617. The lowest BCUT2D eigenvalue weighted by atomic mass is 10.1. The number of nitrogens with one attached hydrogen (secondary N) is 1. The van der Waals surface area contributed by atoms with Gasteiger partial charge in [0.15, 0.2) is 11.6 Å². The topological polar surface area (TPSA) is 95.8 Å². The molecule has 0 bridgehead atoms. The number of pyridine rings is 1. The number of aliphatic hydroxyl groups excluding tert-OH is 1. The number of benzene rings is 1. The number of rotatable bonds is 5. The maximum Gasteiger partial charge on any atom is 0.274 e. The Bertz CT molecular complexity index is 1170. The number of aliphatic hydroxyl groups is 1. The summed E-state index contributed by atoms with van der Waals surface area (Å²) >= 11 is 0. The van der Waals surface area contributed by atoms with E-state index in [1.54, 1.807) is 23.9 Å².